The zero-order valence-electron chi connectivity index (χ0n) is 14.9. The van der Waals surface area contributed by atoms with Gasteiger partial charge in [-0.1, -0.05) is 36.1 Å². The number of nitrogens with one attached hydrogen (secondary N) is 1. The van der Waals surface area contributed by atoms with E-state index in [0.717, 1.165) is 30.8 Å². The number of hydrogen-bond donors (Lipinski definition) is 1. The lowest BCUT2D eigenvalue weighted by atomic mass is 10.0. The van der Waals surface area contributed by atoms with E-state index in [9.17, 15) is 13.2 Å². The summed E-state index contributed by atoms with van der Waals surface area (Å²) >= 11 is 1.03. The molecule has 2 aromatic rings. The van der Waals surface area contributed by atoms with Crippen molar-refractivity contribution in [2.24, 2.45) is 0 Å². The third-order valence-electron chi connectivity index (χ3n) is 4.28. The van der Waals surface area contributed by atoms with Crippen LogP contribution < -0.4 is 4.72 Å². The monoisotopic (exact) mass is 404 g/mol. The molecule has 3 rings (SSSR count). The van der Waals surface area contributed by atoms with Gasteiger partial charge in [-0.3, -0.25) is 4.90 Å². The highest BCUT2D eigenvalue weighted by Crippen LogP contribution is 2.22. The Morgan fingerprint density at radius 3 is 2.81 bits per heavy atom. The first-order chi connectivity index (χ1) is 13.0. The second kappa shape index (κ2) is 8.67. The minimum atomic E-state index is -3.80. The Kier molecular flexibility index (Phi) is 6.29. The van der Waals surface area contributed by atoms with Crippen LogP contribution in [-0.2, 0) is 27.7 Å². The maximum atomic E-state index is 12.3. The third-order valence-corrected chi connectivity index (χ3v) is 6.74. The number of benzene rings is 1. The van der Waals surface area contributed by atoms with Crippen LogP contribution in [0.4, 0.5) is 0 Å². The molecular formula is C19H20N2O4S2. The summed E-state index contributed by atoms with van der Waals surface area (Å²) in [6.45, 7) is 2.37. The average Bonchev–Trinajstić information content (AvgIpc) is 3.18. The van der Waals surface area contributed by atoms with Gasteiger partial charge in [0.05, 0.1) is 20.2 Å². The van der Waals surface area contributed by atoms with Gasteiger partial charge in [-0.2, -0.15) is 4.72 Å². The minimum Gasteiger partial charge on any atom is -0.465 e. The number of nitrogens with zero attached hydrogens (tertiary/aromatic N) is 1. The molecule has 1 aromatic carbocycles. The van der Waals surface area contributed by atoms with Gasteiger partial charge in [0.25, 0.3) is 0 Å². The Morgan fingerprint density at radius 2 is 2.04 bits per heavy atom. The molecule has 142 valence electrons. The molecular weight excluding hydrogens is 384 g/mol. The molecule has 0 amide bonds. The maximum Gasteiger partial charge on any atom is 0.349 e. The normalized spacial score (nSPS) is 14.1. The van der Waals surface area contributed by atoms with Crippen molar-refractivity contribution in [1.82, 2.24) is 9.62 Å². The highest BCUT2D eigenvalue weighted by Gasteiger charge is 2.24. The molecule has 0 radical (unpaired) electrons. The number of ether oxygens (including phenoxy) is 1. The van der Waals surface area contributed by atoms with Gasteiger partial charge in [0, 0.05) is 13.1 Å². The van der Waals surface area contributed by atoms with Gasteiger partial charge in [-0.15, -0.1) is 11.3 Å². The van der Waals surface area contributed by atoms with E-state index in [1.165, 1.54) is 24.3 Å². The molecule has 27 heavy (non-hydrogen) atoms. The zero-order valence-corrected chi connectivity index (χ0v) is 16.5. The lowest BCUT2D eigenvalue weighted by Crippen LogP contribution is -2.31. The number of rotatable bonds is 5. The van der Waals surface area contributed by atoms with Crippen LogP contribution >= 0.6 is 11.3 Å². The number of esters is 1. The molecule has 0 aliphatic carbocycles. The molecule has 0 unspecified atom stereocenters. The van der Waals surface area contributed by atoms with E-state index in [4.69, 9.17) is 0 Å². The molecule has 8 heteroatoms. The number of hydrogen-bond acceptors (Lipinski definition) is 6. The maximum absolute atomic E-state index is 12.3. The van der Waals surface area contributed by atoms with Crippen molar-refractivity contribution in [3.05, 3.63) is 51.7 Å². The van der Waals surface area contributed by atoms with Crippen molar-refractivity contribution in [3.8, 4) is 11.8 Å². The summed E-state index contributed by atoms with van der Waals surface area (Å²) in [4.78, 5) is 13.9. The van der Waals surface area contributed by atoms with E-state index < -0.39 is 16.0 Å². The first-order valence-corrected chi connectivity index (χ1v) is 10.8. The molecule has 0 spiro atoms. The molecule has 2 heterocycles. The van der Waals surface area contributed by atoms with Crippen LogP contribution in [0.5, 0.6) is 0 Å². The van der Waals surface area contributed by atoms with Crippen molar-refractivity contribution in [2.75, 3.05) is 26.7 Å². The second-order valence-electron chi connectivity index (χ2n) is 6.01. The molecule has 1 N–H and O–H groups in total. The molecule has 1 aliphatic heterocycles. The zero-order chi connectivity index (χ0) is 19.3. The Balaban J connectivity index is 1.54. The van der Waals surface area contributed by atoms with Gasteiger partial charge in [-0.25, -0.2) is 13.2 Å². The van der Waals surface area contributed by atoms with Crippen LogP contribution in [0, 0.1) is 11.8 Å². The van der Waals surface area contributed by atoms with Crippen molar-refractivity contribution < 1.29 is 17.9 Å². The number of fused-ring (bicyclic) bond motifs is 1. The second-order valence-corrected chi connectivity index (χ2v) is 8.66. The van der Waals surface area contributed by atoms with Crippen LogP contribution in [0.1, 0.15) is 20.8 Å². The number of carbonyl (C=O) groups is 1. The molecule has 0 saturated carbocycles. The molecule has 1 aromatic heterocycles. The van der Waals surface area contributed by atoms with E-state index in [0.29, 0.717) is 6.54 Å². The molecule has 1 aliphatic rings. The van der Waals surface area contributed by atoms with E-state index >= 15 is 0 Å². The van der Waals surface area contributed by atoms with Crippen LogP contribution in [0.2, 0.25) is 0 Å². The van der Waals surface area contributed by atoms with Gasteiger partial charge in [0.2, 0.25) is 10.0 Å². The van der Waals surface area contributed by atoms with Gasteiger partial charge in [0.1, 0.15) is 9.77 Å². The first-order valence-electron chi connectivity index (χ1n) is 8.41. The Bertz CT molecular complexity index is 986. The Labute approximate surface area is 163 Å². The fourth-order valence-corrected chi connectivity index (χ4v) is 5.13. The lowest BCUT2D eigenvalue weighted by Gasteiger charge is -2.26. The summed E-state index contributed by atoms with van der Waals surface area (Å²) in [7, 11) is -2.59. The average molecular weight is 405 g/mol. The predicted molar refractivity (Wildman–Crippen MR) is 104 cm³/mol. The van der Waals surface area contributed by atoms with E-state index in [-0.39, 0.29) is 16.3 Å². The van der Waals surface area contributed by atoms with E-state index in [1.54, 1.807) is 5.38 Å². The Morgan fingerprint density at radius 1 is 1.26 bits per heavy atom. The van der Waals surface area contributed by atoms with Gasteiger partial charge in [-0.05, 0) is 29.0 Å². The predicted octanol–water partition coefficient (Wildman–Crippen LogP) is 1.87. The molecule has 6 nitrogen and oxygen atoms in total. The number of sulfonamides is 1. The van der Waals surface area contributed by atoms with E-state index in [1.807, 2.05) is 6.07 Å². The summed E-state index contributed by atoms with van der Waals surface area (Å²) in [5, 5.41) is 1.54. The quantitative estimate of drug-likeness (QED) is 0.608. The topological polar surface area (TPSA) is 75.7 Å². The summed E-state index contributed by atoms with van der Waals surface area (Å²) < 4.78 is 31.7. The van der Waals surface area contributed by atoms with Crippen LogP contribution in [0.3, 0.4) is 0 Å². The fourth-order valence-electron chi connectivity index (χ4n) is 2.88. The van der Waals surface area contributed by atoms with Crippen molar-refractivity contribution >= 4 is 27.3 Å². The van der Waals surface area contributed by atoms with Gasteiger partial charge >= 0.3 is 5.97 Å². The van der Waals surface area contributed by atoms with E-state index in [2.05, 4.69) is 44.4 Å². The van der Waals surface area contributed by atoms with Crippen LogP contribution in [0.25, 0.3) is 0 Å². The molecule has 0 atom stereocenters. The van der Waals surface area contributed by atoms with Crippen molar-refractivity contribution in [3.63, 3.8) is 0 Å². The van der Waals surface area contributed by atoms with Crippen molar-refractivity contribution in [1.29, 1.82) is 0 Å². The third kappa shape index (κ3) is 4.76. The molecule has 0 fully saturated rings. The number of carbonyl (C=O) groups excluding carboxylic acids is 1. The summed E-state index contributed by atoms with van der Waals surface area (Å²) in [6, 6.07) is 9.76. The summed E-state index contributed by atoms with van der Waals surface area (Å²) in [5.41, 5.74) is 2.70. The SMILES string of the molecule is COC(=O)c1sccc1S(=O)(=O)NCC#CCN1CCc2ccccc2C1. The van der Waals surface area contributed by atoms with Crippen LogP contribution in [0.15, 0.2) is 40.6 Å². The Hall–Kier alpha value is -2.18. The number of methoxy groups -OCH3 is 1. The van der Waals surface area contributed by atoms with Gasteiger partial charge < -0.3 is 4.74 Å². The molecule has 0 bridgehead atoms. The largest absolute Gasteiger partial charge is 0.465 e. The smallest absolute Gasteiger partial charge is 0.349 e. The standard InChI is InChI=1S/C19H20N2O4S2/c1-25-19(22)18-17(9-13-26-18)27(23,24)20-10-4-5-11-21-12-8-15-6-2-3-7-16(15)14-21/h2-3,6-7,9,13,20H,8,10-12,14H2,1H3. The minimum absolute atomic E-state index is 0.0107. The van der Waals surface area contributed by atoms with Gasteiger partial charge in [0.15, 0.2) is 0 Å². The highest BCUT2D eigenvalue weighted by atomic mass is 32.2. The van der Waals surface area contributed by atoms with Crippen LogP contribution in [-0.4, -0.2) is 46.0 Å². The first kappa shape index (κ1) is 19.6. The summed E-state index contributed by atoms with van der Waals surface area (Å²) in [6.07, 6.45) is 0.999. The lowest BCUT2D eigenvalue weighted by molar-refractivity contribution is 0.0602. The fraction of sp³-hybridized carbons (Fsp3) is 0.316. The highest BCUT2D eigenvalue weighted by molar-refractivity contribution is 7.89. The molecule has 0 saturated heterocycles. The number of thiophene rings is 1. The summed E-state index contributed by atoms with van der Waals surface area (Å²) in [5.74, 6) is 5.19. The van der Waals surface area contributed by atoms with Crippen molar-refractivity contribution in [2.45, 2.75) is 17.9 Å².